The van der Waals surface area contributed by atoms with Gasteiger partial charge in [-0.1, -0.05) is 19.9 Å². The number of rotatable bonds is 2. The number of likely N-dealkylation sites (tertiary alicyclic amines) is 1. The van der Waals surface area contributed by atoms with Crippen LogP contribution in [0.25, 0.3) is 0 Å². The summed E-state index contributed by atoms with van der Waals surface area (Å²) in [6, 6.07) is 4.27. The molecule has 1 aliphatic heterocycles. The van der Waals surface area contributed by atoms with Crippen molar-refractivity contribution in [2.24, 2.45) is 0 Å². The number of aromatic nitrogens is 1. The predicted octanol–water partition coefficient (Wildman–Crippen LogP) is 3.01. The van der Waals surface area contributed by atoms with Gasteiger partial charge >= 0.3 is 0 Å². The fraction of sp³-hybridized carbons (Fsp3) is 0.615. The Kier molecular flexibility index (Phi) is 5.33. The fourth-order valence-corrected chi connectivity index (χ4v) is 1.79. The normalized spacial score (nSPS) is 15.9. The average Bonchev–Trinajstić information content (AvgIpc) is 2.77. The van der Waals surface area contributed by atoms with Gasteiger partial charge in [-0.3, -0.25) is 9.88 Å². The molecule has 1 fully saturated rings. The lowest BCUT2D eigenvalue weighted by Gasteiger charge is -2.13. The van der Waals surface area contributed by atoms with Crippen molar-refractivity contribution in [2.75, 3.05) is 13.1 Å². The summed E-state index contributed by atoms with van der Waals surface area (Å²) in [5.41, 5.74) is 2.44. The van der Waals surface area contributed by atoms with Crippen molar-refractivity contribution in [3.8, 4) is 0 Å². The molecular formula is C13H22N2. The summed E-state index contributed by atoms with van der Waals surface area (Å²) in [7, 11) is 0. The highest BCUT2D eigenvalue weighted by atomic mass is 15.1. The van der Waals surface area contributed by atoms with Crippen molar-refractivity contribution in [3.05, 3.63) is 29.6 Å². The Hall–Kier alpha value is -0.890. The van der Waals surface area contributed by atoms with Gasteiger partial charge in [-0.05, 0) is 44.5 Å². The van der Waals surface area contributed by atoms with Gasteiger partial charge in [-0.25, -0.2) is 0 Å². The maximum absolute atomic E-state index is 4.29. The third kappa shape index (κ3) is 4.00. The van der Waals surface area contributed by atoms with Crippen LogP contribution in [0.4, 0.5) is 0 Å². The minimum atomic E-state index is 1.08. The zero-order valence-corrected chi connectivity index (χ0v) is 10.2. The molecule has 2 heterocycles. The van der Waals surface area contributed by atoms with Crippen LogP contribution in [0.5, 0.6) is 0 Å². The molecular weight excluding hydrogens is 184 g/mol. The number of nitrogens with zero attached hydrogens (tertiary/aromatic N) is 2. The lowest BCUT2D eigenvalue weighted by molar-refractivity contribution is 0.331. The third-order valence-corrected chi connectivity index (χ3v) is 2.58. The van der Waals surface area contributed by atoms with Gasteiger partial charge in [0, 0.05) is 18.4 Å². The molecule has 2 heteroatoms. The molecule has 84 valence electrons. The number of aryl methyl sites for hydroxylation is 1. The molecule has 0 atom stereocenters. The summed E-state index contributed by atoms with van der Waals surface area (Å²) < 4.78 is 0. The van der Waals surface area contributed by atoms with Gasteiger partial charge < -0.3 is 0 Å². The SMILES string of the molecule is CC.Cc1ccc(CN2CCCC2)cn1. The third-order valence-electron chi connectivity index (χ3n) is 2.58. The van der Waals surface area contributed by atoms with E-state index in [1.54, 1.807) is 0 Å². The van der Waals surface area contributed by atoms with Crippen LogP contribution in [0.2, 0.25) is 0 Å². The van der Waals surface area contributed by atoms with Gasteiger partial charge in [-0.2, -0.15) is 0 Å². The lowest BCUT2D eigenvalue weighted by Crippen LogP contribution is -2.18. The van der Waals surface area contributed by atoms with Crippen LogP contribution in [0, 0.1) is 6.92 Å². The van der Waals surface area contributed by atoms with E-state index in [0.29, 0.717) is 0 Å². The van der Waals surface area contributed by atoms with Gasteiger partial charge in [0.05, 0.1) is 0 Å². The molecule has 0 amide bonds. The van der Waals surface area contributed by atoms with E-state index in [2.05, 4.69) is 22.0 Å². The molecule has 0 aliphatic carbocycles. The average molecular weight is 206 g/mol. The van der Waals surface area contributed by atoms with E-state index in [1.165, 1.54) is 31.5 Å². The van der Waals surface area contributed by atoms with Gasteiger partial charge in [0.2, 0.25) is 0 Å². The summed E-state index contributed by atoms with van der Waals surface area (Å²) in [5.74, 6) is 0. The van der Waals surface area contributed by atoms with Crippen LogP contribution >= 0.6 is 0 Å². The first-order valence-electron chi connectivity index (χ1n) is 5.98. The smallest absolute Gasteiger partial charge is 0.0372 e. The Morgan fingerprint density at radius 1 is 1.20 bits per heavy atom. The predicted molar refractivity (Wildman–Crippen MR) is 64.8 cm³/mol. The van der Waals surface area contributed by atoms with E-state index in [1.807, 2.05) is 27.0 Å². The molecule has 1 aromatic rings. The van der Waals surface area contributed by atoms with Gasteiger partial charge in [-0.15, -0.1) is 0 Å². The summed E-state index contributed by atoms with van der Waals surface area (Å²) >= 11 is 0. The van der Waals surface area contributed by atoms with Gasteiger partial charge in [0.25, 0.3) is 0 Å². The van der Waals surface area contributed by atoms with E-state index in [-0.39, 0.29) is 0 Å². The molecule has 0 unspecified atom stereocenters. The Labute approximate surface area is 93.3 Å². The van der Waals surface area contributed by atoms with Crippen LogP contribution in [0.15, 0.2) is 18.3 Å². The minimum Gasteiger partial charge on any atom is -0.299 e. The van der Waals surface area contributed by atoms with E-state index < -0.39 is 0 Å². The van der Waals surface area contributed by atoms with Crippen molar-refractivity contribution in [1.29, 1.82) is 0 Å². The first kappa shape index (κ1) is 12.2. The van der Waals surface area contributed by atoms with Crippen molar-refractivity contribution < 1.29 is 0 Å². The van der Waals surface area contributed by atoms with Crippen molar-refractivity contribution in [3.63, 3.8) is 0 Å². The number of hydrogen-bond donors (Lipinski definition) is 0. The number of hydrogen-bond acceptors (Lipinski definition) is 2. The van der Waals surface area contributed by atoms with E-state index in [0.717, 1.165) is 12.2 Å². The molecule has 2 rings (SSSR count). The second-order valence-corrected chi connectivity index (χ2v) is 3.79. The molecule has 1 aromatic heterocycles. The van der Waals surface area contributed by atoms with E-state index in [4.69, 9.17) is 0 Å². The molecule has 15 heavy (non-hydrogen) atoms. The highest BCUT2D eigenvalue weighted by molar-refractivity contribution is 5.13. The number of pyridine rings is 1. The molecule has 0 spiro atoms. The monoisotopic (exact) mass is 206 g/mol. The highest BCUT2D eigenvalue weighted by Gasteiger charge is 2.11. The van der Waals surface area contributed by atoms with Crippen LogP contribution in [0.1, 0.15) is 37.9 Å². The molecule has 1 aliphatic rings. The summed E-state index contributed by atoms with van der Waals surface area (Å²) in [5, 5.41) is 0. The Morgan fingerprint density at radius 3 is 2.40 bits per heavy atom. The van der Waals surface area contributed by atoms with Crippen molar-refractivity contribution in [2.45, 2.75) is 40.2 Å². The quantitative estimate of drug-likeness (QED) is 0.739. The summed E-state index contributed by atoms with van der Waals surface area (Å²) in [4.78, 5) is 6.79. The zero-order valence-electron chi connectivity index (χ0n) is 10.2. The molecule has 1 saturated heterocycles. The highest BCUT2D eigenvalue weighted by Crippen LogP contribution is 2.11. The molecule has 0 saturated carbocycles. The van der Waals surface area contributed by atoms with Crippen LogP contribution in [-0.2, 0) is 6.54 Å². The maximum atomic E-state index is 4.29. The van der Waals surface area contributed by atoms with Crippen LogP contribution in [-0.4, -0.2) is 23.0 Å². The second-order valence-electron chi connectivity index (χ2n) is 3.79. The topological polar surface area (TPSA) is 16.1 Å². The Bertz CT molecular complexity index is 260. The minimum absolute atomic E-state index is 1.08. The summed E-state index contributed by atoms with van der Waals surface area (Å²) in [6.45, 7) is 9.62. The maximum Gasteiger partial charge on any atom is 0.0372 e. The van der Waals surface area contributed by atoms with Crippen LogP contribution in [0.3, 0.4) is 0 Å². The fourth-order valence-electron chi connectivity index (χ4n) is 1.79. The first-order valence-corrected chi connectivity index (χ1v) is 5.98. The lowest BCUT2D eigenvalue weighted by atomic mass is 10.2. The first-order chi connectivity index (χ1) is 7.34. The molecule has 2 nitrogen and oxygen atoms in total. The van der Waals surface area contributed by atoms with Gasteiger partial charge in [0.1, 0.15) is 0 Å². The zero-order chi connectivity index (χ0) is 11.1. The van der Waals surface area contributed by atoms with E-state index in [9.17, 15) is 0 Å². The molecule has 0 radical (unpaired) electrons. The van der Waals surface area contributed by atoms with Crippen molar-refractivity contribution >= 4 is 0 Å². The molecule has 0 bridgehead atoms. The Balaban J connectivity index is 0.000000531. The van der Waals surface area contributed by atoms with Crippen molar-refractivity contribution in [1.82, 2.24) is 9.88 Å². The standard InChI is InChI=1S/C11H16N2.C2H6/c1-10-4-5-11(8-12-10)9-13-6-2-3-7-13;1-2/h4-5,8H,2-3,6-7,9H2,1H3;1-2H3. The Morgan fingerprint density at radius 2 is 1.87 bits per heavy atom. The molecule has 0 N–H and O–H groups in total. The van der Waals surface area contributed by atoms with Crippen LogP contribution < -0.4 is 0 Å². The second kappa shape index (κ2) is 6.57. The largest absolute Gasteiger partial charge is 0.299 e. The summed E-state index contributed by atoms with van der Waals surface area (Å²) in [6.07, 6.45) is 4.71. The van der Waals surface area contributed by atoms with E-state index >= 15 is 0 Å². The molecule has 0 aromatic carbocycles. The van der Waals surface area contributed by atoms with Gasteiger partial charge in [0.15, 0.2) is 0 Å².